The standard InChI is InChI=1S/C57H87N3O22/c1-31-18-16-14-12-10-8-6-7-9-11-13-15-17-19-39(80-55-52(72)48(50(70)35(5)79-55)58-30-57(76)53(73)51(71)43(67)29-77-57)26-44-47(54(74)59-45-22-32(2)82-60-45)42(66)28-56(75,81-44)27-38(63)24-41(65)40(64)21-20-36(61)23-37(62)25-46(68)78-34(4)33(3)49(31)69/h6-19,22,31,33-44,47-53,55,58,61-67,69-73,75-76H,20-21,23-30H2,1-5H3,(H,59,60,74)/t31-,33-,34-,35+,36+,37+,38-,39-,40+,41+,42-,43+,44?,47?,48-,49+,50+,51+,52-,53-,55?,56+,57+/m0/s1. The van der Waals surface area contributed by atoms with Gasteiger partial charge in [-0.05, 0) is 40.0 Å². The lowest BCUT2D eigenvalue weighted by Crippen LogP contribution is -2.69. The summed E-state index contributed by atoms with van der Waals surface area (Å²) in [6.07, 6.45) is -3.94. The van der Waals surface area contributed by atoms with Crippen LogP contribution in [0.25, 0.3) is 0 Å². The number of esters is 1. The molecule has 5 rings (SSSR count). The molecule has 16 N–H and O–H groups in total. The van der Waals surface area contributed by atoms with Crippen molar-refractivity contribution in [3.63, 3.8) is 0 Å². The number of ether oxygens (including phenoxy) is 5. The lowest BCUT2D eigenvalue weighted by atomic mass is 9.82. The van der Waals surface area contributed by atoms with Gasteiger partial charge in [-0.1, -0.05) is 104 Å². The van der Waals surface area contributed by atoms with Crippen LogP contribution in [0, 0.1) is 24.7 Å². The molecule has 23 atom stereocenters. The van der Waals surface area contributed by atoms with Crippen LogP contribution >= 0.6 is 0 Å². The Labute approximate surface area is 476 Å². The Bertz CT molecular complexity index is 2350. The van der Waals surface area contributed by atoms with Crippen molar-refractivity contribution in [2.45, 2.75) is 208 Å². The summed E-state index contributed by atoms with van der Waals surface area (Å²) in [5.41, 5.74) is 0. The topological polar surface area (TPSA) is 414 Å². The van der Waals surface area contributed by atoms with Crippen LogP contribution in [0.4, 0.5) is 5.82 Å². The number of hydrogen-bond acceptors (Lipinski definition) is 24. The third-order valence-electron chi connectivity index (χ3n) is 15.1. The van der Waals surface area contributed by atoms with E-state index in [9.17, 15) is 81.1 Å². The zero-order valence-electron chi connectivity index (χ0n) is 46.8. The van der Waals surface area contributed by atoms with Crippen LogP contribution in [0.15, 0.2) is 95.7 Å². The number of aryl methyl sites for hydroxylation is 1. The lowest BCUT2D eigenvalue weighted by Gasteiger charge is -2.47. The Morgan fingerprint density at radius 2 is 1.30 bits per heavy atom. The molecule has 4 aliphatic heterocycles. The molecule has 82 heavy (non-hydrogen) atoms. The van der Waals surface area contributed by atoms with Crippen LogP contribution in [-0.4, -0.2) is 223 Å². The fourth-order valence-corrected chi connectivity index (χ4v) is 10.1. The molecule has 1 amide bonds. The average Bonchev–Trinajstić information content (AvgIpc) is 3.82. The number of aliphatic hydroxyl groups excluding tert-OH is 12. The number of aromatic nitrogens is 1. The highest BCUT2D eigenvalue weighted by molar-refractivity contribution is 5.92. The van der Waals surface area contributed by atoms with Crippen molar-refractivity contribution in [2.75, 3.05) is 18.5 Å². The van der Waals surface area contributed by atoms with E-state index in [0.717, 1.165) is 0 Å². The Morgan fingerprint density at radius 3 is 1.93 bits per heavy atom. The first kappa shape index (κ1) is 68.4. The lowest BCUT2D eigenvalue weighted by molar-refractivity contribution is -0.323. The van der Waals surface area contributed by atoms with Gasteiger partial charge in [0.1, 0.15) is 36.3 Å². The number of hydrogen-bond donors (Lipinski definition) is 16. The molecule has 0 saturated carbocycles. The predicted octanol–water partition coefficient (Wildman–Crippen LogP) is -1.01. The summed E-state index contributed by atoms with van der Waals surface area (Å²) in [4.78, 5) is 26.9. The molecule has 3 fully saturated rings. The van der Waals surface area contributed by atoms with E-state index in [1.54, 1.807) is 99.8 Å². The Morgan fingerprint density at radius 1 is 0.683 bits per heavy atom. The molecule has 0 aromatic carbocycles. The molecule has 5 heterocycles. The molecule has 25 nitrogen and oxygen atoms in total. The quantitative estimate of drug-likeness (QED) is 0.146. The van der Waals surface area contributed by atoms with Crippen molar-refractivity contribution >= 4 is 17.7 Å². The normalized spacial score (nSPS) is 41.5. The molecular weight excluding hydrogens is 1080 g/mol. The van der Waals surface area contributed by atoms with E-state index in [-0.39, 0.29) is 31.0 Å². The highest BCUT2D eigenvalue weighted by Gasteiger charge is 2.53. The van der Waals surface area contributed by atoms with E-state index in [1.165, 1.54) is 19.1 Å². The fourth-order valence-electron chi connectivity index (χ4n) is 10.1. The maximum Gasteiger partial charge on any atom is 0.308 e. The summed E-state index contributed by atoms with van der Waals surface area (Å²) in [6, 6.07) is 0.0544. The molecular formula is C57H87N3O22. The number of anilines is 1. The van der Waals surface area contributed by atoms with Gasteiger partial charge in [0.05, 0.1) is 98.7 Å². The first-order chi connectivity index (χ1) is 38.7. The van der Waals surface area contributed by atoms with Crippen LogP contribution < -0.4 is 10.6 Å². The molecule has 1 aromatic rings. The van der Waals surface area contributed by atoms with Crippen molar-refractivity contribution in [3.8, 4) is 0 Å². The second kappa shape index (κ2) is 32.2. The van der Waals surface area contributed by atoms with Crippen molar-refractivity contribution in [1.82, 2.24) is 10.5 Å². The van der Waals surface area contributed by atoms with Gasteiger partial charge in [0.2, 0.25) is 11.7 Å². The van der Waals surface area contributed by atoms with Crippen LogP contribution in [-0.2, 0) is 33.3 Å². The minimum atomic E-state index is -2.48. The van der Waals surface area contributed by atoms with E-state index in [1.807, 2.05) is 6.92 Å². The number of carbonyl (C=O) groups is 2. The van der Waals surface area contributed by atoms with Gasteiger partial charge in [-0.2, -0.15) is 0 Å². The minimum absolute atomic E-state index is 0.0132. The summed E-state index contributed by atoms with van der Waals surface area (Å²) >= 11 is 0. The summed E-state index contributed by atoms with van der Waals surface area (Å²) in [6.45, 7) is 7.00. The zero-order chi connectivity index (χ0) is 60.5. The maximum atomic E-state index is 14.1. The van der Waals surface area contributed by atoms with Crippen molar-refractivity contribution in [1.29, 1.82) is 0 Å². The maximum absolute atomic E-state index is 14.1. The van der Waals surface area contributed by atoms with Gasteiger partial charge in [-0.25, -0.2) is 0 Å². The predicted molar refractivity (Wildman–Crippen MR) is 292 cm³/mol. The van der Waals surface area contributed by atoms with Gasteiger partial charge in [-0.15, -0.1) is 0 Å². The smallest absolute Gasteiger partial charge is 0.308 e. The highest BCUT2D eigenvalue weighted by Crippen LogP contribution is 2.39. The third kappa shape index (κ3) is 20.4. The van der Waals surface area contributed by atoms with Gasteiger partial charge in [0.15, 0.2) is 17.9 Å². The molecule has 0 spiro atoms. The van der Waals surface area contributed by atoms with E-state index in [2.05, 4.69) is 15.8 Å². The van der Waals surface area contributed by atoms with Crippen LogP contribution in [0.5, 0.6) is 0 Å². The first-order valence-electron chi connectivity index (χ1n) is 27.8. The largest absolute Gasteiger partial charge is 0.462 e. The summed E-state index contributed by atoms with van der Waals surface area (Å²) in [5, 5.41) is 163. The van der Waals surface area contributed by atoms with E-state index < -0.39 is 191 Å². The number of nitrogens with zero attached hydrogens (tertiary/aromatic N) is 1. The molecule has 0 radical (unpaired) electrons. The molecule has 0 aliphatic carbocycles. The number of cyclic esters (lactones) is 1. The number of carbonyl (C=O) groups excluding carboxylic acids is 2. The van der Waals surface area contributed by atoms with E-state index >= 15 is 0 Å². The number of nitrogens with one attached hydrogen (secondary N) is 2. The minimum Gasteiger partial charge on any atom is -0.462 e. The molecule has 25 heteroatoms. The van der Waals surface area contributed by atoms with Gasteiger partial charge in [0, 0.05) is 43.6 Å². The molecule has 2 bridgehead atoms. The Kier molecular flexibility index (Phi) is 26.8. The Hall–Kier alpha value is -4.43. The van der Waals surface area contributed by atoms with Crippen LogP contribution in [0.1, 0.15) is 84.8 Å². The van der Waals surface area contributed by atoms with Gasteiger partial charge in [-0.3, -0.25) is 9.59 Å². The van der Waals surface area contributed by atoms with Crippen LogP contribution in [0.3, 0.4) is 0 Å². The number of amides is 1. The fraction of sp³-hybridized carbons (Fsp3) is 0.667. The van der Waals surface area contributed by atoms with Crippen molar-refractivity contribution in [3.05, 3.63) is 96.9 Å². The third-order valence-corrected chi connectivity index (χ3v) is 15.1. The number of allylic oxidation sites excluding steroid dienone is 12. The second-order valence-corrected chi connectivity index (χ2v) is 22.0. The number of fused-ring (bicyclic) bond motifs is 2. The highest BCUT2D eigenvalue weighted by atomic mass is 16.7. The van der Waals surface area contributed by atoms with E-state index in [4.69, 9.17) is 28.2 Å². The second-order valence-electron chi connectivity index (χ2n) is 22.0. The number of rotatable bonds is 7. The van der Waals surface area contributed by atoms with Crippen molar-refractivity contribution in [2.24, 2.45) is 17.8 Å². The zero-order valence-corrected chi connectivity index (χ0v) is 46.8. The SMILES string of the molecule is Cc1cc(NC(=O)C2C3C[C@@H](OC4O[C@H](C)[C@@H](O)[C@H](NC[C@@]5(O)OC[C@@H](O)[C@@H](O)[C@@H]5O)[C@@H]4O)C=CC=CC=CC=CC=CC=CC=C[C@H](C)[C@@H](O)[C@@H](C)[C@H](C)OC(=O)C[C@H](O)C[C@H](O)CC[C@@H](O)[C@H](O)C[C@H](O)C[C@](O)(C[C@@H]2O)O3)no1. The molecule has 4 aliphatic rings. The van der Waals surface area contributed by atoms with Crippen LogP contribution in [0.2, 0.25) is 0 Å². The van der Waals surface area contributed by atoms with Crippen molar-refractivity contribution < 1.29 is 109 Å². The summed E-state index contributed by atoms with van der Waals surface area (Å²) in [5.74, 6) is -8.43. The molecule has 1 aromatic heterocycles. The molecule has 3 saturated heterocycles. The Balaban J connectivity index is 1.43. The molecule has 462 valence electrons. The number of aliphatic hydroxyl groups is 14. The van der Waals surface area contributed by atoms with E-state index in [0.29, 0.717) is 5.76 Å². The monoisotopic (exact) mass is 1170 g/mol. The van der Waals surface area contributed by atoms with Gasteiger partial charge >= 0.3 is 5.97 Å². The molecule has 3 unspecified atom stereocenters. The summed E-state index contributed by atoms with van der Waals surface area (Å²) in [7, 11) is 0. The summed E-state index contributed by atoms with van der Waals surface area (Å²) < 4.78 is 34.4. The average molecular weight is 1170 g/mol. The van der Waals surface area contributed by atoms with Gasteiger partial charge < -0.3 is 110 Å². The van der Waals surface area contributed by atoms with Gasteiger partial charge in [0.25, 0.3) is 0 Å². The first-order valence-corrected chi connectivity index (χ1v) is 27.8.